The minimum atomic E-state index is -0.956. The third kappa shape index (κ3) is 3.60. The van der Waals surface area contributed by atoms with Crippen LogP contribution in [0.3, 0.4) is 0 Å². The summed E-state index contributed by atoms with van der Waals surface area (Å²) >= 11 is 0. The van der Waals surface area contributed by atoms with Gasteiger partial charge in [-0.1, -0.05) is 6.92 Å². The van der Waals surface area contributed by atoms with Crippen LogP contribution < -0.4 is 0 Å². The van der Waals surface area contributed by atoms with Gasteiger partial charge >= 0.3 is 12.0 Å². The van der Waals surface area contributed by atoms with Crippen LogP contribution in [-0.2, 0) is 4.79 Å². The fraction of sp³-hybridized carbons (Fsp3) is 0.833. The highest BCUT2D eigenvalue weighted by Crippen LogP contribution is 2.24. The number of aliphatic carboxylic acids is 1. The number of carbonyl (C=O) groups excluding carboxylic acids is 1. The van der Waals surface area contributed by atoms with Crippen LogP contribution >= 0.6 is 0 Å². The molecule has 0 aromatic heterocycles. The van der Waals surface area contributed by atoms with Crippen molar-refractivity contribution in [3.05, 3.63) is 0 Å². The van der Waals surface area contributed by atoms with Crippen molar-refractivity contribution in [2.45, 2.75) is 26.4 Å². The number of aliphatic hydroxyl groups is 1. The molecule has 0 spiro atoms. The summed E-state index contributed by atoms with van der Waals surface area (Å²) in [6.07, 6.45) is 0. The third-order valence-corrected chi connectivity index (χ3v) is 3.15. The summed E-state index contributed by atoms with van der Waals surface area (Å²) in [7, 11) is 1.61. The fourth-order valence-corrected chi connectivity index (χ4v) is 2.33. The number of hydrogen-bond acceptors (Lipinski definition) is 3. The van der Waals surface area contributed by atoms with Crippen LogP contribution in [0, 0.1) is 11.8 Å². The molecule has 2 atom stereocenters. The molecule has 6 nitrogen and oxygen atoms in total. The molecule has 0 aliphatic carbocycles. The van der Waals surface area contributed by atoms with Gasteiger partial charge in [0.05, 0.1) is 18.1 Å². The second-order valence-electron chi connectivity index (χ2n) is 5.78. The van der Waals surface area contributed by atoms with Gasteiger partial charge in [0.1, 0.15) is 0 Å². The van der Waals surface area contributed by atoms with Crippen molar-refractivity contribution < 1.29 is 19.8 Å². The van der Waals surface area contributed by atoms with Crippen molar-refractivity contribution in [1.29, 1.82) is 0 Å². The van der Waals surface area contributed by atoms with Gasteiger partial charge < -0.3 is 20.0 Å². The van der Waals surface area contributed by atoms with E-state index in [4.69, 9.17) is 5.11 Å². The van der Waals surface area contributed by atoms with E-state index in [1.807, 2.05) is 6.92 Å². The van der Waals surface area contributed by atoms with E-state index < -0.39 is 17.5 Å². The summed E-state index contributed by atoms with van der Waals surface area (Å²) in [6, 6.07) is -0.229. The Balaban J connectivity index is 2.62. The van der Waals surface area contributed by atoms with Crippen LogP contribution in [0.1, 0.15) is 20.8 Å². The third-order valence-electron chi connectivity index (χ3n) is 3.15. The van der Waals surface area contributed by atoms with Gasteiger partial charge in [0.25, 0.3) is 0 Å². The van der Waals surface area contributed by atoms with E-state index in [0.717, 1.165) is 0 Å². The molecule has 1 aliphatic rings. The number of urea groups is 1. The number of likely N-dealkylation sites (N-methyl/N-ethyl adjacent to an activating group) is 1. The standard InChI is InChI=1S/C12H22N2O4/c1-8-5-14(6-9(8)10(15)16)11(17)13(4)7-12(2,3)18/h8-9,18H,5-7H2,1-4H3,(H,15,16). The van der Waals surface area contributed by atoms with Crippen molar-refractivity contribution in [2.24, 2.45) is 11.8 Å². The van der Waals surface area contributed by atoms with Crippen molar-refractivity contribution in [1.82, 2.24) is 9.80 Å². The molecule has 2 unspecified atom stereocenters. The maximum Gasteiger partial charge on any atom is 0.319 e. The van der Waals surface area contributed by atoms with Gasteiger partial charge in [-0.2, -0.15) is 0 Å². The lowest BCUT2D eigenvalue weighted by Crippen LogP contribution is -2.46. The highest BCUT2D eigenvalue weighted by molar-refractivity contribution is 5.77. The molecule has 1 saturated heterocycles. The molecule has 2 amide bonds. The molecule has 0 aromatic rings. The minimum absolute atomic E-state index is 0.0398. The van der Waals surface area contributed by atoms with E-state index in [2.05, 4.69) is 0 Å². The van der Waals surface area contributed by atoms with Crippen LogP contribution in [0.5, 0.6) is 0 Å². The van der Waals surface area contributed by atoms with Gasteiger partial charge in [-0.25, -0.2) is 4.79 Å². The predicted molar refractivity (Wildman–Crippen MR) is 66.2 cm³/mol. The maximum absolute atomic E-state index is 12.1. The van der Waals surface area contributed by atoms with Crippen LogP contribution in [-0.4, -0.2) is 64.3 Å². The first kappa shape index (κ1) is 14.8. The minimum Gasteiger partial charge on any atom is -0.481 e. The molecule has 0 radical (unpaired) electrons. The summed E-state index contributed by atoms with van der Waals surface area (Å²) in [6.45, 7) is 6.00. The van der Waals surface area contributed by atoms with Crippen LogP contribution in [0.4, 0.5) is 4.79 Å². The number of likely N-dealkylation sites (tertiary alicyclic amines) is 1. The zero-order valence-electron chi connectivity index (χ0n) is 11.4. The van der Waals surface area contributed by atoms with Crippen LogP contribution in [0.15, 0.2) is 0 Å². The maximum atomic E-state index is 12.1. The first-order valence-electron chi connectivity index (χ1n) is 6.07. The first-order chi connectivity index (χ1) is 8.11. The Bertz CT molecular complexity index is 337. The van der Waals surface area contributed by atoms with Crippen molar-refractivity contribution >= 4 is 12.0 Å². The molecule has 2 N–H and O–H groups in total. The number of amides is 2. The molecule has 18 heavy (non-hydrogen) atoms. The van der Waals surface area contributed by atoms with E-state index in [9.17, 15) is 14.7 Å². The highest BCUT2D eigenvalue weighted by Gasteiger charge is 2.38. The van der Waals surface area contributed by atoms with E-state index in [1.165, 1.54) is 9.80 Å². The molecule has 1 aliphatic heterocycles. The van der Waals surface area contributed by atoms with Crippen LogP contribution in [0.2, 0.25) is 0 Å². The van der Waals surface area contributed by atoms with E-state index in [0.29, 0.717) is 6.54 Å². The Morgan fingerprint density at radius 3 is 2.33 bits per heavy atom. The van der Waals surface area contributed by atoms with Gasteiger partial charge in [-0.3, -0.25) is 4.79 Å². The van der Waals surface area contributed by atoms with Gasteiger partial charge in [0, 0.05) is 20.1 Å². The molecule has 104 valence electrons. The topological polar surface area (TPSA) is 81.1 Å². The lowest BCUT2D eigenvalue weighted by molar-refractivity contribution is -0.142. The first-order valence-corrected chi connectivity index (χ1v) is 6.07. The molecule has 1 rings (SSSR count). The number of carbonyl (C=O) groups is 2. The van der Waals surface area contributed by atoms with Gasteiger partial charge in [0.2, 0.25) is 0 Å². The zero-order chi connectivity index (χ0) is 14.1. The van der Waals surface area contributed by atoms with Crippen LogP contribution in [0.25, 0.3) is 0 Å². The second-order valence-corrected chi connectivity index (χ2v) is 5.78. The average Bonchev–Trinajstić information content (AvgIpc) is 2.56. The normalized spacial score (nSPS) is 24.2. The Morgan fingerprint density at radius 1 is 1.39 bits per heavy atom. The Hall–Kier alpha value is -1.30. The van der Waals surface area contributed by atoms with Gasteiger partial charge in [-0.05, 0) is 19.8 Å². The SMILES string of the molecule is CC1CN(C(=O)N(C)CC(C)(C)O)CC1C(=O)O. The Morgan fingerprint density at radius 2 is 1.94 bits per heavy atom. The van der Waals surface area contributed by atoms with Gasteiger partial charge in [-0.15, -0.1) is 0 Å². The van der Waals surface area contributed by atoms with E-state index in [1.54, 1.807) is 20.9 Å². The fourth-order valence-electron chi connectivity index (χ4n) is 2.33. The molecule has 1 heterocycles. The number of nitrogens with zero attached hydrogens (tertiary/aromatic N) is 2. The largest absolute Gasteiger partial charge is 0.481 e. The van der Waals surface area contributed by atoms with E-state index >= 15 is 0 Å². The predicted octanol–water partition coefficient (Wildman–Crippen LogP) is 0.462. The molecule has 0 saturated carbocycles. The van der Waals surface area contributed by atoms with E-state index in [-0.39, 0.29) is 25.0 Å². The van der Waals surface area contributed by atoms with Gasteiger partial charge in [0.15, 0.2) is 0 Å². The Kier molecular flexibility index (Phi) is 4.21. The summed E-state index contributed by atoms with van der Waals surface area (Å²) < 4.78 is 0. The smallest absolute Gasteiger partial charge is 0.319 e. The second kappa shape index (κ2) is 5.14. The lowest BCUT2D eigenvalue weighted by atomic mass is 9.99. The summed E-state index contributed by atoms with van der Waals surface area (Å²) in [4.78, 5) is 26.0. The van der Waals surface area contributed by atoms with Crippen molar-refractivity contribution in [3.8, 4) is 0 Å². The zero-order valence-corrected chi connectivity index (χ0v) is 11.4. The number of hydrogen-bond donors (Lipinski definition) is 2. The monoisotopic (exact) mass is 258 g/mol. The number of carboxylic acid groups (broad SMARTS) is 1. The Labute approximate surface area is 107 Å². The molecule has 0 aromatic carbocycles. The number of rotatable bonds is 3. The van der Waals surface area contributed by atoms with Crippen molar-refractivity contribution in [2.75, 3.05) is 26.7 Å². The lowest BCUT2D eigenvalue weighted by Gasteiger charge is -2.29. The highest BCUT2D eigenvalue weighted by atomic mass is 16.4. The van der Waals surface area contributed by atoms with Crippen molar-refractivity contribution in [3.63, 3.8) is 0 Å². The molecular weight excluding hydrogens is 236 g/mol. The summed E-state index contributed by atoms with van der Waals surface area (Å²) in [5.74, 6) is -1.39. The number of carboxylic acids is 1. The summed E-state index contributed by atoms with van der Waals surface area (Å²) in [5, 5.41) is 18.7. The quantitative estimate of drug-likeness (QED) is 0.770. The molecular formula is C12H22N2O4. The summed E-state index contributed by atoms with van der Waals surface area (Å²) in [5.41, 5.74) is -0.956. The molecule has 1 fully saturated rings. The molecule has 0 bridgehead atoms. The molecule has 6 heteroatoms. The average molecular weight is 258 g/mol.